The van der Waals surface area contributed by atoms with Crippen molar-refractivity contribution in [2.24, 2.45) is 5.73 Å². The van der Waals surface area contributed by atoms with E-state index < -0.39 is 6.03 Å². The molecule has 0 spiro atoms. The van der Waals surface area contributed by atoms with Crippen molar-refractivity contribution in [2.45, 2.75) is 4.90 Å². The number of hydrogen-bond acceptors (Lipinski definition) is 3. The van der Waals surface area contributed by atoms with Crippen LogP contribution in [0.1, 0.15) is 0 Å². The van der Waals surface area contributed by atoms with Crippen LogP contribution in [0.25, 0.3) is 10.9 Å². The van der Waals surface area contributed by atoms with Crippen LogP contribution in [0.5, 0.6) is 5.88 Å². The van der Waals surface area contributed by atoms with Gasteiger partial charge in [-0.25, -0.2) is 9.36 Å². The minimum Gasteiger partial charge on any atom is -0.494 e. The van der Waals surface area contributed by atoms with E-state index in [0.717, 1.165) is 14.8 Å². The topological polar surface area (TPSA) is 68.2 Å². The second-order valence-electron chi connectivity index (χ2n) is 3.07. The SMILES string of the molecule is CSc1cccc2c1cc(O)n2C(N)=O. The average Bonchev–Trinajstić information content (AvgIpc) is 2.53. The van der Waals surface area contributed by atoms with E-state index in [1.165, 1.54) is 0 Å². The summed E-state index contributed by atoms with van der Waals surface area (Å²) in [5, 5.41) is 10.4. The first-order valence-corrected chi connectivity index (χ1v) is 5.55. The van der Waals surface area contributed by atoms with E-state index in [-0.39, 0.29) is 5.88 Å². The van der Waals surface area contributed by atoms with Crippen molar-refractivity contribution in [2.75, 3.05) is 6.26 Å². The third-order valence-corrected chi connectivity index (χ3v) is 3.02. The molecule has 3 N–H and O–H groups in total. The molecule has 1 heterocycles. The standard InChI is InChI=1S/C10H10N2O2S/c1-15-8-4-2-3-7-6(8)5-9(13)12(7)10(11)14/h2-5,13H,1H3,(H2,11,14). The van der Waals surface area contributed by atoms with E-state index >= 15 is 0 Å². The van der Waals surface area contributed by atoms with Crippen molar-refractivity contribution in [3.8, 4) is 5.88 Å². The highest BCUT2D eigenvalue weighted by molar-refractivity contribution is 7.98. The van der Waals surface area contributed by atoms with Crippen molar-refractivity contribution in [3.05, 3.63) is 24.3 Å². The molecule has 0 aliphatic heterocycles. The maximum absolute atomic E-state index is 11.1. The number of thioether (sulfide) groups is 1. The van der Waals surface area contributed by atoms with Crippen LogP contribution in [0.2, 0.25) is 0 Å². The molecule has 0 saturated heterocycles. The molecule has 0 radical (unpaired) electrons. The summed E-state index contributed by atoms with van der Waals surface area (Å²) >= 11 is 1.56. The lowest BCUT2D eigenvalue weighted by atomic mass is 10.2. The zero-order valence-corrected chi connectivity index (χ0v) is 8.91. The summed E-state index contributed by atoms with van der Waals surface area (Å²) in [4.78, 5) is 12.1. The molecule has 5 heteroatoms. The van der Waals surface area contributed by atoms with Gasteiger partial charge in [-0.3, -0.25) is 0 Å². The van der Waals surface area contributed by atoms with Crippen LogP contribution in [0.15, 0.2) is 29.2 Å². The van der Waals surface area contributed by atoms with Crippen molar-refractivity contribution < 1.29 is 9.90 Å². The Morgan fingerprint density at radius 2 is 2.27 bits per heavy atom. The normalized spacial score (nSPS) is 10.7. The summed E-state index contributed by atoms with van der Waals surface area (Å²) in [6.45, 7) is 0. The van der Waals surface area contributed by atoms with Gasteiger partial charge >= 0.3 is 6.03 Å². The zero-order chi connectivity index (χ0) is 11.0. The van der Waals surface area contributed by atoms with Crippen LogP contribution >= 0.6 is 11.8 Å². The van der Waals surface area contributed by atoms with Crippen LogP contribution in [-0.2, 0) is 0 Å². The molecule has 0 aliphatic carbocycles. The van der Waals surface area contributed by atoms with Gasteiger partial charge in [0.25, 0.3) is 0 Å². The second kappa shape index (κ2) is 3.51. The Labute approximate surface area is 90.7 Å². The minimum absolute atomic E-state index is 0.126. The molecule has 2 aromatic rings. The molecular formula is C10H10N2O2S. The molecule has 0 fully saturated rings. The van der Waals surface area contributed by atoms with Crippen LogP contribution in [0, 0.1) is 0 Å². The average molecular weight is 222 g/mol. The highest BCUT2D eigenvalue weighted by atomic mass is 32.2. The number of amides is 1. The quantitative estimate of drug-likeness (QED) is 0.725. The molecule has 0 aliphatic rings. The number of carbonyl (C=O) groups excluding carboxylic acids is 1. The minimum atomic E-state index is -0.680. The molecule has 0 unspecified atom stereocenters. The maximum Gasteiger partial charge on any atom is 0.326 e. The monoisotopic (exact) mass is 222 g/mol. The van der Waals surface area contributed by atoms with Gasteiger partial charge in [-0.05, 0) is 18.4 Å². The van der Waals surface area contributed by atoms with Crippen molar-refractivity contribution >= 4 is 28.7 Å². The number of benzene rings is 1. The third-order valence-electron chi connectivity index (χ3n) is 2.23. The van der Waals surface area contributed by atoms with E-state index in [2.05, 4.69) is 0 Å². The smallest absolute Gasteiger partial charge is 0.326 e. The highest BCUT2D eigenvalue weighted by Gasteiger charge is 2.13. The molecule has 0 saturated carbocycles. The predicted octanol–water partition coefficient (Wildman–Crippen LogP) is 2.00. The number of aromatic hydroxyl groups is 1. The van der Waals surface area contributed by atoms with Gasteiger partial charge < -0.3 is 10.8 Å². The summed E-state index contributed by atoms with van der Waals surface area (Å²) in [5.74, 6) is -0.126. The third kappa shape index (κ3) is 1.45. The van der Waals surface area contributed by atoms with Crippen molar-refractivity contribution in [1.82, 2.24) is 4.57 Å². The van der Waals surface area contributed by atoms with Crippen LogP contribution in [0.4, 0.5) is 4.79 Å². The second-order valence-corrected chi connectivity index (χ2v) is 3.92. The Morgan fingerprint density at radius 3 is 2.87 bits per heavy atom. The van der Waals surface area contributed by atoms with Crippen molar-refractivity contribution in [1.29, 1.82) is 0 Å². The van der Waals surface area contributed by atoms with E-state index in [9.17, 15) is 9.90 Å². The van der Waals surface area contributed by atoms with Crippen molar-refractivity contribution in [3.63, 3.8) is 0 Å². The van der Waals surface area contributed by atoms with Gasteiger partial charge in [0.2, 0.25) is 0 Å². The number of primary amides is 1. The summed E-state index contributed by atoms with van der Waals surface area (Å²) in [5.41, 5.74) is 5.81. The Bertz CT molecular complexity index is 533. The first-order valence-electron chi connectivity index (χ1n) is 4.32. The molecule has 2 rings (SSSR count). The Kier molecular flexibility index (Phi) is 2.32. The number of rotatable bonds is 1. The van der Waals surface area contributed by atoms with E-state index in [1.54, 1.807) is 23.9 Å². The number of nitrogens with two attached hydrogens (primary N) is 1. The van der Waals surface area contributed by atoms with Gasteiger partial charge in [0.1, 0.15) is 0 Å². The van der Waals surface area contributed by atoms with Crippen LogP contribution in [0.3, 0.4) is 0 Å². The Balaban J connectivity index is 2.84. The van der Waals surface area contributed by atoms with E-state index in [0.29, 0.717) is 5.52 Å². The Morgan fingerprint density at radius 1 is 1.53 bits per heavy atom. The molecular weight excluding hydrogens is 212 g/mol. The molecule has 1 aromatic carbocycles. The Hall–Kier alpha value is -1.62. The number of hydrogen-bond donors (Lipinski definition) is 2. The van der Waals surface area contributed by atoms with Gasteiger partial charge in [-0.15, -0.1) is 11.8 Å². The fourth-order valence-corrected chi connectivity index (χ4v) is 2.20. The molecule has 78 valence electrons. The van der Waals surface area contributed by atoms with Gasteiger partial charge in [-0.2, -0.15) is 0 Å². The molecule has 15 heavy (non-hydrogen) atoms. The lowest BCUT2D eigenvalue weighted by molar-refractivity contribution is 0.248. The molecule has 4 nitrogen and oxygen atoms in total. The predicted molar refractivity (Wildman–Crippen MR) is 60.4 cm³/mol. The number of aromatic nitrogens is 1. The number of nitrogens with zero attached hydrogens (tertiary/aromatic N) is 1. The molecule has 1 aromatic heterocycles. The maximum atomic E-state index is 11.1. The van der Waals surface area contributed by atoms with Crippen LogP contribution < -0.4 is 5.73 Å². The van der Waals surface area contributed by atoms with Crippen LogP contribution in [-0.4, -0.2) is 22.0 Å². The largest absolute Gasteiger partial charge is 0.494 e. The van der Waals surface area contributed by atoms with Gasteiger partial charge in [0.05, 0.1) is 5.52 Å². The molecule has 0 bridgehead atoms. The summed E-state index contributed by atoms with van der Waals surface area (Å²) in [6, 6.07) is 6.37. The first kappa shape index (κ1) is 9.92. The highest BCUT2D eigenvalue weighted by Crippen LogP contribution is 2.31. The summed E-state index contributed by atoms with van der Waals surface area (Å²) < 4.78 is 1.09. The fourth-order valence-electron chi connectivity index (χ4n) is 1.60. The summed E-state index contributed by atoms with van der Waals surface area (Å²) in [6.07, 6.45) is 1.94. The van der Waals surface area contributed by atoms with Gasteiger partial charge in [0, 0.05) is 16.3 Å². The number of carbonyl (C=O) groups is 1. The van der Waals surface area contributed by atoms with Gasteiger partial charge in [-0.1, -0.05) is 6.07 Å². The molecule has 1 amide bonds. The lowest BCUT2D eigenvalue weighted by Crippen LogP contribution is -2.18. The first-order chi connectivity index (χ1) is 7.15. The molecule has 0 atom stereocenters. The lowest BCUT2D eigenvalue weighted by Gasteiger charge is -2.01. The number of fused-ring (bicyclic) bond motifs is 1. The van der Waals surface area contributed by atoms with E-state index in [4.69, 9.17) is 5.73 Å². The zero-order valence-electron chi connectivity index (χ0n) is 8.10. The fraction of sp³-hybridized carbons (Fsp3) is 0.100. The van der Waals surface area contributed by atoms with Gasteiger partial charge in [0.15, 0.2) is 5.88 Å². The van der Waals surface area contributed by atoms with E-state index in [1.807, 2.05) is 18.4 Å². The summed E-state index contributed by atoms with van der Waals surface area (Å²) in [7, 11) is 0.